The molecule has 1 aromatic rings. The number of rotatable bonds is 5. The molecule has 0 radical (unpaired) electrons. The quantitative estimate of drug-likeness (QED) is 0.722. The van der Waals surface area contributed by atoms with Gasteiger partial charge >= 0.3 is 5.97 Å². The summed E-state index contributed by atoms with van der Waals surface area (Å²) >= 11 is 0. The number of terminal acetylenes is 1. The van der Waals surface area contributed by atoms with E-state index in [2.05, 4.69) is 34.1 Å². The third-order valence-electron chi connectivity index (χ3n) is 5.86. The second-order valence-corrected chi connectivity index (χ2v) is 7.81. The molecule has 0 aromatic carbocycles. The van der Waals surface area contributed by atoms with Crippen LogP contribution in [0.2, 0.25) is 0 Å². The maximum Gasteiger partial charge on any atom is 0.335 e. The Morgan fingerprint density at radius 1 is 1.38 bits per heavy atom. The van der Waals surface area contributed by atoms with Gasteiger partial charge < -0.3 is 20.2 Å². The predicted molar refractivity (Wildman–Crippen MR) is 107 cm³/mol. The lowest BCUT2D eigenvalue weighted by Crippen LogP contribution is -2.55. The molecule has 152 valence electrons. The number of nitriles is 1. The highest BCUT2D eigenvalue weighted by atomic mass is 16.4. The Balaban J connectivity index is 1.56. The van der Waals surface area contributed by atoms with E-state index in [0.29, 0.717) is 31.7 Å². The van der Waals surface area contributed by atoms with Gasteiger partial charge in [-0.2, -0.15) is 5.26 Å². The topological polar surface area (TPSA) is 110 Å². The largest absolute Gasteiger partial charge is 0.478 e. The van der Waals surface area contributed by atoms with Crippen LogP contribution in [0.4, 0.5) is 5.82 Å². The molecule has 1 aromatic heterocycles. The summed E-state index contributed by atoms with van der Waals surface area (Å²) in [6.45, 7) is 3.61. The first-order valence-corrected chi connectivity index (χ1v) is 9.73. The number of nitrogens with zero attached hydrogens (tertiary/aromatic N) is 4. The Morgan fingerprint density at radius 3 is 2.69 bits per heavy atom. The minimum atomic E-state index is -0.974. The third kappa shape index (κ3) is 4.49. The van der Waals surface area contributed by atoms with Gasteiger partial charge in [0.2, 0.25) is 5.91 Å². The molecule has 0 saturated carbocycles. The molecule has 0 aliphatic carbocycles. The van der Waals surface area contributed by atoms with Crippen molar-refractivity contribution >= 4 is 17.7 Å². The SMILES string of the molecule is C#C[C@H]1CCC(C#N)N1C(=O)CNC1(C)CCN(c2cc(C(=O)O)ccn2)CC1. The molecule has 2 saturated heterocycles. The van der Waals surface area contributed by atoms with Crippen molar-refractivity contribution in [2.24, 2.45) is 0 Å². The smallest absolute Gasteiger partial charge is 0.335 e. The molecule has 2 aliphatic rings. The van der Waals surface area contributed by atoms with E-state index >= 15 is 0 Å². The maximum atomic E-state index is 12.7. The molecule has 2 fully saturated rings. The van der Waals surface area contributed by atoms with Gasteiger partial charge in [-0.1, -0.05) is 5.92 Å². The van der Waals surface area contributed by atoms with Crippen LogP contribution in [0, 0.1) is 23.7 Å². The number of hydrogen-bond donors (Lipinski definition) is 2. The molecule has 2 atom stereocenters. The van der Waals surface area contributed by atoms with E-state index < -0.39 is 12.0 Å². The Labute approximate surface area is 170 Å². The minimum absolute atomic E-state index is 0.139. The number of aromatic nitrogens is 1. The van der Waals surface area contributed by atoms with Crippen LogP contribution in [0.15, 0.2) is 18.3 Å². The Bertz CT molecular complexity index is 842. The van der Waals surface area contributed by atoms with Crippen LogP contribution in [0.1, 0.15) is 43.0 Å². The molecular weight excluding hydrogens is 370 g/mol. The van der Waals surface area contributed by atoms with Crippen molar-refractivity contribution in [1.29, 1.82) is 5.26 Å². The van der Waals surface area contributed by atoms with E-state index in [1.54, 1.807) is 6.07 Å². The lowest BCUT2D eigenvalue weighted by Gasteiger charge is -2.41. The van der Waals surface area contributed by atoms with Crippen molar-refractivity contribution in [3.05, 3.63) is 23.9 Å². The van der Waals surface area contributed by atoms with Crippen LogP contribution in [0.3, 0.4) is 0 Å². The molecule has 0 bridgehead atoms. The van der Waals surface area contributed by atoms with E-state index in [9.17, 15) is 14.9 Å². The van der Waals surface area contributed by atoms with Gasteiger partial charge in [0.15, 0.2) is 0 Å². The van der Waals surface area contributed by atoms with Crippen molar-refractivity contribution < 1.29 is 14.7 Å². The fourth-order valence-corrected chi connectivity index (χ4v) is 3.96. The summed E-state index contributed by atoms with van der Waals surface area (Å²) in [5.74, 6) is 2.15. The van der Waals surface area contributed by atoms with Crippen molar-refractivity contribution in [3.8, 4) is 18.4 Å². The van der Waals surface area contributed by atoms with Crippen LogP contribution in [-0.2, 0) is 4.79 Å². The molecule has 1 unspecified atom stereocenters. The van der Waals surface area contributed by atoms with Crippen LogP contribution < -0.4 is 10.2 Å². The van der Waals surface area contributed by atoms with Gasteiger partial charge in [0, 0.05) is 24.8 Å². The molecule has 3 heterocycles. The third-order valence-corrected chi connectivity index (χ3v) is 5.86. The molecule has 8 heteroatoms. The number of carboxylic acids is 1. The first-order chi connectivity index (χ1) is 13.9. The number of amides is 1. The highest BCUT2D eigenvalue weighted by molar-refractivity contribution is 5.88. The second-order valence-electron chi connectivity index (χ2n) is 7.81. The first-order valence-electron chi connectivity index (χ1n) is 9.73. The molecule has 2 aliphatic heterocycles. The van der Waals surface area contributed by atoms with E-state index in [1.165, 1.54) is 17.2 Å². The zero-order chi connectivity index (χ0) is 21.0. The van der Waals surface area contributed by atoms with Crippen LogP contribution in [-0.4, -0.2) is 64.1 Å². The van der Waals surface area contributed by atoms with E-state index in [0.717, 1.165) is 12.8 Å². The maximum absolute atomic E-state index is 12.7. The van der Waals surface area contributed by atoms with Gasteiger partial charge in [-0.05, 0) is 44.7 Å². The summed E-state index contributed by atoms with van der Waals surface area (Å²) in [7, 11) is 0. The number of anilines is 1. The monoisotopic (exact) mass is 395 g/mol. The average Bonchev–Trinajstić information content (AvgIpc) is 3.16. The lowest BCUT2D eigenvalue weighted by atomic mass is 9.89. The van der Waals surface area contributed by atoms with Crippen molar-refractivity contribution in [2.75, 3.05) is 24.5 Å². The van der Waals surface area contributed by atoms with Gasteiger partial charge in [-0.15, -0.1) is 6.42 Å². The number of piperidine rings is 1. The molecule has 3 rings (SSSR count). The van der Waals surface area contributed by atoms with E-state index in [-0.39, 0.29) is 29.6 Å². The highest BCUT2D eigenvalue weighted by Gasteiger charge is 2.37. The second kappa shape index (κ2) is 8.50. The predicted octanol–water partition coefficient (Wildman–Crippen LogP) is 1.24. The van der Waals surface area contributed by atoms with Crippen LogP contribution in [0.5, 0.6) is 0 Å². The molecule has 0 spiro atoms. The van der Waals surface area contributed by atoms with Crippen LogP contribution >= 0.6 is 0 Å². The summed E-state index contributed by atoms with van der Waals surface area (Å²) < 4.78 is 0. The normalized spacial score (nSPS) is 23.3. The number of carboxylic acid groups (broad SMARTS) is 1. The Hall–Kier alpha value is -3.10. The summed E-state index contributed by atoms with van der Waals surface area (Å²) in [4.78, 5) is 31.7. The number of hydrogen-bond acceptors (Lipinski definition) is 6. The number of pyridine rings is 1. The fraction of sp³-hybridized carbons (Fsp3) is 0.524. The molecule has 2 N–H and O–H groups in total. The first kappa shape index (κ1) is 20.6. The van der Waals surface area contributed by atoms with Crippen LogP contribution in [0.25, 0.3) is 0 Å². The van der Waals surface area contributed by atoms with E-state index in [4.69, 9.17) is 11.5 Å². The van der Waals surface area contributed by atoms with Crippen molar-refractivity contribution in [2.45, 2.75) is 50.2 Å². The molecule has 1 amide bonds. The standard InChI is InChI=1S/C21H25N5O3/c1-3-16-4-5-17(13-22)26(16)19(27)14-24-21(2)7-10-25(11-8-21)18-12-15(20(28)29)6-9-23-18/h1,6,9,12,16-17,24H,4-5,7-8,10-11,14H2,2H3,(H,28,29)/t16-,17?/m0/s1. The Morgan fingerprint density at radius 2 is 2.07 bits per heavy atom. The molecule has 8 nitrogen and oxygen atoms in total. The summed E-state index contributed by atoms with van der Waals surface area (Å²) in [5.41, 5.74) is -0.0165. The molecular formula is C21H25N5O3. The van der Waals surface area contributed by atoms with Gasteiger partial charge in [0.25, 0.3) is 0 Å². The van der Waals surface area contributed by atoms with Gasteiger partial charge in [0.1, 0.15) is 11.9 Å². The minimum Gasteiger partial charge on any atom is -0.478 e. The van der Waals surface area contributed by atoms with Crippen molar-refractivity contribution in [3.63, 3.8) is 0 Å². The number of carbonyl (C=O) groups excluding carboxylic acids is 1. The Kier molecular flexibility index (Phi) is 6.05. The number of nitrogens with one attached hydrogen (secondary N) is 1. The highest BCUT2D eigenvalue weighted by Crippen LogP contribution is 2.27. The van der Waals surface area contributed by atoms with Gasteiger partial charge in [0.05, 0.1) is 24.2 Å². The summed E-state index contributed by atoms with van der Waals surface area (Å²) in [5, 5.41) is 21.8. The van der Waals surface area contributed by atoms with Gasteiger partial charge in [-0.3, -0.25) is 4.79 Å². The lowest BCUT2D eigenvalue weighted by molar-refractivity contribution is -0.131. The van der Waals surface area contributed by atoms with Crippen molar-refractivity contribution in [1.82, 2.24) is 15.2 Å². The van der Waals surface area contributed by atoms with E-state index in [1.807, 2.05) is 0 Å². The zero-order valence-electron chi connectivity index (χ0n) is 16.5. The fourth-order valence-electron chi connectivity index (χ4n) is 3.96. The number of carbonyl (C=O) groups is 2. The average molecular weight is 395 g/mol. The molecule has 29 heavy (non-hydrogen) atoms. The summed E-state index contributed by atoms with van der Waals surface area (Å²) in [6, 6.07) is 4.47. The number of likely N-dealkylation sites (tertiary alicyclic amines) is 1. The zero-order valence-corrected chi connectivity index (χ0v) is 16.5. The number of aromatic carboxylic acids is 1. The summed E-state index contributed by atoms with van der Waals surface area (Å²) in [6.07, 6.45) is 9.86. The van der Waals surface area contributed by atoms with Gasteiger partial charge in [-0.25, -0.2) is 9.78 Å².